The Kier molecular flexibility index (Phi) is 12.4. The van der Waals surface area contributed by atoms with E-state index < -0.39 is 0 Å². The van der Waals surface area contributed by atoms with Crippen LogP contribution in [-0.4, -0.2) is 59.0 Å². The Bertz CT molecular complexity index is 612. The largest absolute Gasteiger partial charge is 0.497 e. The van der Waals surface area contributed by atoms with E-state index in [0.29, 0.717) is 17.9 Å². The third kappa shape index (κ3) is 8.58. The summed E-state index contributed by atoms with van der Waals surface area (Å²) in [4.78, 5) is 6.79. The number of aliphatic imine (C=N–C) groups is 1. The number of hydrogen-bond donors (Lipinski definition) is 2. The van der Waals surface area contributed by atoms with Gasteiger partial charge in [0.25, 0.3) is 0 Å². The third-order valence-electron chi connectivity index (χ3n) is 5.33. The van der Waals surface area contributed by atoms with Crippen LogP contribution in [0.15, 0.2) is 29.3 Å². The van der Waals surface area contributed by atoms with E-state index in [4.69, 9.17) is 9.47 Å². The molecule has 1 aliphatic heterocycles. The quantitative estimate of drug-likeness (QED) is 0.281. The number of halogens is 1. The van der Waals surface area contributed by atoms with E-state index in [1.165, 1.54) is 12.1 Å². The average Bonchev–Trinajstić information content (AvgIpc) is 3.18. The number of hydrogen-bond acceptors (Lipinski definition) is 4. The van der Waals surface area contributed by atoms with Crippen LogP contribution < -0.4 is 20.3 Å². The van der Waals surface area contributed by atoms with Gasteiger partial charge in [-0.2, -0.15) is 0 Å². The molecule has 2 unspecified atom stereocenters. The zero-order valence-electron chi connectivity index (χ0n) is 18.6. The second-order valence-corrected chi connectivity index (χ2v) is 7.71. The van der Waals surface area contributed by atoms with Gasteiger partial charge in [-0.25, -0.2) is 0 Å². The standard InChI is InChI=1S/C22H38N4O2.HI/c1-6-28-21(17(2)3)10-12-24-22(23-4)25-15-18-11-13-26(16-18)19-8-7-9-20(14-19)27-5;/h7-9,14,17-18,21H,6,10-13,15-16H2,1-5H3,(H2,23,24,25);1H. The molecule has 0 radical (unpaired) electrons. The van der Waals surface area contributed by atoms with Crippen molar-refractivity contribution in [3.8, 4) is 5.75 Å². The Morgan fingerprint density at radius 3 is 2.76 bits per heavy atom. The molecule has 166 valence electrons. The normalized spacial score (nSPS) is 17.8. The summed E-state index contributed by atoms with van der Waals surface area (Å²) in [6.45, 7) is 11.2. The number of nitrogens with one attached hydrogen (secondary N) is 2. The Balaban J connectivity index is 0.00000420. The van der Waals surface area contributed by atoms with Crippen LogP contribution in [0.5, 0.6) is 5.75 Å². The molecule has 2 atom stereocenters. The predicted molar refractivity (Wildman–Crippen MR) is 133 cm³/mol. The summed E-state index contributed by atoms with van der Waals surface area (Å²) >= 11 is 0. The van der Waals surface area contributed by atoms with E-state index in [1.54, 1.807) is 7.11 Å². The lowest BCUT2D eigenvalue weighted by molar-refractivity contribution is 0.0258. The summed E-state index contributed by atoms with van der Waals surface area (Å²) in [6, 6.07) is 8.31. The highest BCUT2D eigenvalue weighted by Crippen LogP contribution is 2.26. The van der Waals surface area contributed by atoms with E-state index in [9.17, 15) is 0 Å². The highest BCUT2D eigenvalue weighted by Gasteiger charge is 2.23. The maximum atomic E-state index is 5.82. The van der Waals surface area contributed by atoms with E-state index in [2.05, 4.69) is 59.5 Å². The highest BCUT2D eigenvalue weighted by molar-refractivity contribution is 14.0. The second-order valence-electron chi connectivity index (χ2n) is 7.71. The maximum Gasteiger partial charge on any atom is 0.190 e. The first-order valence-corrected chi connectivity index (χ1v) is 10.5. The van der Waals surface area contributed by atoms with Gasteiger partial charge in [0.15, 0.2) is 5.96 Å². The summed E-state index contributed by atoms with van der Waals surface area (Å²) in [5.74, 6) is 2.92. The van der Waals surface area contributed by atoms with Gasteiger partial charge in [0, 0.05) is 51.6 Å². The van der Waals surface area contributed by atoms with Gasteiger partial charge in [-0.15, -0.1) is 24.0 Å². The molecule has 0 aromatic heterocycles. The fraction of sp³-hybridized carbons (Fsp3) is 0.682. The third-order valence-corrected chi connectivity index (χ3v) is 5.33. The van der Waals surface area contributed by atoms with Gasteiger partial charge < -0.3 is 25.0 Å². The van der Waals surface area contributed by atoms with Gasteiger partial charge >= 0.3 is 0 Å². The molecule has 1 fully saturated rings. The molecule has 0 saturated carbocycles. The lowest BCUT2D eigenvalue weighted by atomic mass is 10.0. The van der Waals surface area contributed by atoms with Crippen LogP contribution in [0, 0.1) is 11.8 Å². The SMILES string of the molecule is CCOC(CCNC(=NC)NCC1CCN(c2cccc(OC)c2)C1)C(C)C.I. The van der Waals surface area contributed by atoms with E-state index >= 15 is 0 Å². The van der Waals surface area contributed by atoms with Crippen molar-refractivity contribution in [2.45, 2.75) is 39.7 Å². The predicted octanol–water partition coefficient (Wildman–Crippen LogP) is 3.76. The van der Waals surface area contributed by atoms with Gasteiger partial charge in [0.1, 0.15) is 5.75 Å². The molecule has 2 N–H and O–H groups in total. The molecule has 0 spiro atoms. The zero-order valence-corrected chi connectivity index (χ0v) is 20.9. The molecule has 1 aliphatic rings. The number of ether oxygens (including phenoxy) is 2. The van der Waals surface area contributed by atoms with Gasteiger partial charge in [-0.1, -0.05) is 19.9 Å². The molecule has 6 nitrogen and oxygen atoms in total. The van der Waals surface area contributed by atoms with Crippen molar-refractivity contribution in [3.05, 3.63) is 24.3 Å². The van der Waals surface area contributed by atoms with Gasteiger partial charge in [-0.05, 0) is 43.7 Å². The molecule has 1 aromatic carbocycles. The van der Waals surface area contributed by atoms with Crippen LogP contribution in [0.25, 0.3) is 0 Å². The first kappa shape index (κ1) is 25.8. The minimum atomic E-state index is 0. The van der Waals surface area contributed by atoms with Crippen molar-refractivity contribution in [2.24, 2.45) is 16.8 Å². The van der Waals surface area contributed by atoms with Crippen LogP contribution in [-0.2, 0) is 4.74 Å². The minimum Gasteiger partial charge on any atom is -0.497 e. The van der Waals surface area contributed by atoms with Crippen molar-refractivity contribution in [1.29, 1.82) is 0 Å². The number of anilines is 1. The Hall–Kier alpha value is -1.22. The number of benzene rings is 1. The number of methoxy groups -OCH3 is 1. The van der Waals surface area contributed by atoms with Crippen molar-refractivity contribution in [1.82, 2.24) is 10.6 Å². The van der Waals surface area contributed by atoms with Crippen molar-refractivity contribution in [3.63, 3.8) is 0 Å². The molecular weight excluding hydrogens is 479 g/mol. The summed E-state index contributed by atoms with van der Waals surface area (Å²) in [7, 11) is 3.54. The number of nitrogens with zero attached hydrogens (tertiary/aromatic N) is 2. The molecule has 0 bridgehead atoms. The second kappa shape index (κ2) is 13.9. The lowest BCUT2D eigenvalue weighted by Crippen LogP contribution is -2.41. The van der Waals surface area contributed by atoms with Crippen LogP contribution >= 0.6 is 24.0 Å². The van der Waals surface area contributed by atoms with Crippen molar-refractivity contribution < 1.29 is 9.47 Å². The average molecular weight is 518 g/mol. The molecule has 2 rings (SSSR count). The maximum absolute atomic E-state index is 5.82. The zero-order chi connectivity index (χ0) is 20.4. The fourth-order valence-electron chi connectivity index (χ4n) is 3.66. The molecule has 1 aromatic rings. The lowest BCUT2D eigenvalue weighted by Gasteiger charge is -2.22. The first-order valence-electron chi connectivity index (χ1n) is 10.5. The van der Waals surface area contributed by atoms with Gasteiger partial charge in [-0.3, -0.25) is 4.99 Å². The van der Waals surface area contributed by atoms with Crippen molar-refractivity contribution >= 4 is 35.6 Å². The van der Waals surface area contributed by atoms with E-state index in [-0.39, 0.29) is 24.0 Å². The Morgan fingerprint density at radius 1 is 1.31 bits per heavy atom. The molecule has 0 aliphatic carbocycles. The topological polar surface area (TPSA) is 58.1 Å². The van der Waals surface area contributed by atoms with Crippen LogP contribution in [0.2, 0.25) is 0 Å². The van der Waals surface area contributed by atoms with Crippen LogP contribution in [0.1, 0.15) is 33.6 Å². The molecule has 29 heavy (non-hydrogen) atoms. The minimum absolute atomic E-state index is 0. The van der Waals surface area contributed by atoms with Gasteiger partial charge in [0.2, 0.25) is 0 Å². The smallest absolute Gasteiger partial charge is 0.190 e. The molecular formula is C22H39IN4O2. The van der Waals surface area contributed by atoms with Crippen LogP contribution in [0.3, 0.4) is 0 Å². The molecule has 1 saturated heterocycles. The van der Waals surface area contributed by atoms with Gasteiger partial charge in [0.05, 0.1) is 13.2 Å². The highest BCUT2D eigenvalue weighted by atomic mass is 127. The Labute approximate surface area is 193 Å². The number of rotatable bonds is 10. The van der Waals surface area contributed by atoms with E-state index in [1.807, 2.05) is 13.1 Å². The molecule has 1 heterocycles. The first-order chi connectivity index (χ1) is 13.6. The molecule has 7 heteroatoms. The van der Waals surface area contributed by atoms with Crippen LogP contribution in [0.4, 0.5) is 5.69 Å². The summed E-state index contributed by atoms with van der Waals surface area (Å²) in [5, 5.41) is 6.91. The monoisotopic (exact) mass is 518 g/mol. The Morgan fingerprint density at radius 2 is 2.10 bits per heavy atom. The van der Waals surface area contributed by atoms with Crippen molar-refractivity contribution in [2.75, 3.05) is 51.8 Å². The molecule has 0 amide bonds. The number of guanidine groups is 1. The summed E-state index contributed by atoms with van der Waals surface area (Å²) in [6.07, 6.45) is 2.46. The fourth-order valence-corrected chi connectivity index (χ4v) is 3.66. The summed E-state index contributed by atoms with van der Waals surface area (Å²) in [5.41, 5.74) is 1.24. The summed E-state index contributed by atoms with van der Waals surface area (Å²) < 4.78 is 11.2. The van der Waals surface area contributed by atoms with E-state index in [0.717, 1.165) is 50.9 Å².